The lowest BCUT2D eigenvalue weighted by Crippen LogP contribution is -2.22. The van der Waals surface area contributed by atoms with Gasteiger partial charge in [0.25, 0.3) is 5.56 Å². The van der Waals surface area contributed by atoms with Crippen LogP contribution < -0.4 is 15.0 Å². The van der Waals surface area contributed by atoms with Gasteiger partial charge < -0.3 is 9.47 Å². The minimum Gasteiger partial charge on any atom is -0.493 e. The van der Waals surface area contributed by atoms with Crippen LogP contribution in [0.3, 0.4) is 0 Å². The molecule has 1 heterocycles. The average molecular weight is 703 g/mol. The number of halogens is 5. The Morgan fingerprint density at radius 3 is 2.58 bits per heavy atom. The first-order valence-electron chi connectivity index (χ1n) is 11.6. The van der Waals surface area contributed by atoms with Gasteiger partial charge in [0, 0.05) is 20.9 Å². The van der Waals surface area contributed by atoms with Crippen LogP contribution in [-0.2, 0) is 13.0 Å². The Kier molecular flexibility index (Phi) is 9.76. The standard InChI is InChI=1S/C27H22Br2Cl3N3O3/c1-3-4-5-23-34-21-9-7-17(28)12-18(21)27(36)35(23)33-13-16-11-22(37-2)26(25(32)24(16)29)38-14-15-6-8-19(30)20(31)10-15/h6-13H,3-5,14H2,1-2H3. The van der Waals surface area contributed by atoms with Crippen LogP contribution in [0.1, 0.15) is 36.7 Å². The Balaban J connectivity index is 1.71. The van der Waals surface area contributed by atoms with Crippen LogP contribution in [0, 0.1) is 0 Å². The van der Waals surface area contributed by atoms with Crippen molar-refractivity contribution in [1.82, 2.24) is 9.66 Å². The van der Waals surface area contributed by atoms with Crippen molar-refractivity contribution in [3.63, 3.8) is 0 Å². The molecule has 0 N–H and O–H groups in total. The van der Waals surface area contributed by atoms with E-state index in [1.165, 1.54) is 11.8 Å². The zero-order chi connectivity index (χ0) is 27.4. The maximum absolute atomic E-state index is 13.4. The van der Waals surface area contributed by atoms with Gasteiger partial charge in [0.05, 0.1) is 34.3 Å². The number of methoxy groups -OCH3 is 1. The van der Waals surface area contributed by atoms with Crippen LogP contribution in [0.2, 0.25) is 15.1 Å². The van der Waals surface area contributed by atoms with Gasteiger partial charge in [-0.05, 0) is 64.3 Å². The van der Waals surface area contributed by atoms with Gasteiger partial charge in [-0.2, -0.15) is 9.78 Å². The first-order valence-corrected chi connectivity index (χ1v) is 14.3. The van der Waals surface area contributed by atoms with E-state index in [0.29, 0.717) is 59.8 Å². The van der Waals surface area contributed by atoms with Crippen LogP contribution in [0.25, 0.3) is 10.9 Å². The minimum atomic E-state index is -0.255. The van der Waals surface area contributed by atoms with Crippen molar-refractivity contribution in [2.24, 2.45) is 5.10 Å². The van der Waals surface area contributed by atoms with E-state index in [-0.39, 0.29) is 12.2 Å². The highest BCUT2D eigenvalue weighted by Gasteiger charge is 2.18. The predicted molar refractivity (Wildman–Crippen MR) is 162 cm³/mol. The molecule has 0 spiro atoms. The molecule has 38 heavy (non-hydrogen) atoms. The van der Waals surface area contributed by atoms with E-state index in [1.807, 2.05) is 18.2 Å². The molecule has 4 aromatic rings. The molecular formula is C27H22Br2Cl3N3O3. The average Bonchev–Trinajstić information content (AvgIpc) is 2.90. The molecule has 6 nitrogen and oxygen atoms in total. The lowest BCUT2D eigenvalue weighted by atomic mass is 10.2. The van der Waals surface area contributed by atoms with Gasteiger partial charge in [0.1, 0.15) is 17.5 Å². The lowest BCUT2D eigenvalue weighted by Gasteiger charge is -2.15. The van der Waals surface area contributed by atoms with Gasteiger partial charge in [-0.25, -0.2) is 4.98 Å². The number of aromatic nitrogens is 2. The number of nitrogens with zero attached hydrogens (tertiary/aromatic N) is 3. The number of hydrogen-bond acceptors (Lipinski definition) is 5. The van der Waals surface area contributed by atoms with Gasteiger partial charge in [-0.15, -0.1) is 0 Å². The third-order valence-electron chi connectivity index (χ3n) is 5.68. The van der Waals surface area contributed by atoms with Crippen molar-refractivity contribution in [1.29, 1.82) is 0 Å². The fourth-order valence-corrected chi connectivity index (χ4v) is 5.04. The van der Waals surface area contributed by atoms with Gasteiger partial charge in [-0.3, -0.25) is 4.79 Å². The van der Waals surface area contributed by atoms with Gasteiger partial charge >= 0.3 is 0 Å². The molecular weight excluding hydrogens is 680 g/mol. The molecule has 0 saturated carbocycles. The Hall–Kier alpha value is -2.10. The normalized spacial score (nSPS) is 11.4. The molecule has 0 aliphatic carbocycles. The van der Waals surface area contributed by atoms with Crippen molar-refractivity contribution < 1.29 is 9.47 Å². The summed E-state index contributed by atoms with van der Waals surface area (Å²) in [5.41, 5.74) is 1.78. The SMILES string of the molecule is CCCCc1nc2ccc(Br)cc2c(=O)n1N=Cc1cc(OC)c(OCc2ccc(Cl)c(Cl)c2)c(Cl)c1Br. The fraction of sp³-hybridized carbons (Fsp3) is 0.222. The summed E-state index contributed by atoms with van der Waals surface area (Å²) in [4.78, 5) is 18.1. The van der Waals surface area contributed by atoms with Crippen LogP contribution in [-0.4, -0.2) is 23.0 Å². The maximum atomic E-state index is 13.4. The zero-order valence-corrected chi connectivity index (χ0v) is 25.8. The second-order valence-corrected chi connectivity index (χ2v) is 11.2. The first-order chi connectivity index (χ1) is 18.2. The Labute approximate surface area is 251 Å². The first kappa shape index (κ1) is 28.9. The van der Waals surface area contributed by atoms with Crippen molar-refractivity contribution in [3.05, 3.63) is 93.8 Å². The summed E-state index contributed by atoms with van der Waals surface area (Å²) in [5.74, 6) is 1.33. The molecule has 4 rings (SSSR count). The van der Waals surface area contributed by atoms with E-state index in [2.05, 4.69) is 43.9 Å². The van der Waals surface area contributed by atoms with Gasteiger partial charge in [-0.1, -0.05) is 70.1 Å². The van der Waals surface area contributed by atoms with Crippen LogP contribution in [0.5, 0.6) is 11.5 Å². The highest BCUT2D eigenvalue weighted by Crippen LogP contribution is 2.42. The van der Waals surface area contributed by atoms with E-state index in [4.69, 9.17) is 49.3 Å². The highest BCUT2D eigenvalue weighted by atomic mass is 79.9. The zero-order valence-electron chi connectivity index (χ0n) is 20.4. The Morgan fingerprint density at radius 1 is 1.08 bits per heavy atom. The van der Waals surface area contributed by atoms with E-state index in [9.17, 15) is 4.79 Å². The summed E-state index contributed by atoms with van der Waals surface area (Å²) < 4.78 is 14.2. The number of benzene rings is 3. The molecule has 3 aromatic carbocycles. The molecule has 0 fully saturated rings. The molecule has 0 saturated heterocycles. The summed E-state index contributed by atoms with van der Waals surface area (Å²) >= 11 is 25.8. The third kappa shape index (κ3) is 6.37. The Morgan fingerprint density at radius 2 is 1.87 bits per heavy atom. The molecule has 198 valence electrons. The summed E-state index contributed by atoms with van der Waals surface area (Å²) in [5, 5.41) is 6.18. The van der Waals surface area contributed by atoms with Gasteiger partial charge in [0.2, 0.25) is 0 Å². The van der Waals surface area contributed by atoms with E-state index in [1.54, 1.807) is 30.5 Å². The summed E-state index contributed by atoms with van der Waals surface area (Å²) in [6, 6.07) is 12.4. The molecule has 0 atom stereocenters. The number of unbranched alkanes of at least 4 members (excludes halogenated alkanes) is 1. The molecule has 11 heteroatoms. The van der Waals surface area contributed by atoms with Crippen LogP contribution >= 0.6 is 66.7 Å². The number of aryl methyl sites for hydroxylation is 1. The maximum Gasteiger partial charge on any atom is 0.282 e. The minimum absolute atomic E-state index is 0.196. The predicted octanol–water partition coefficient (Wildman–Crippen LogP) is 8.69. The molecule has 0 amide bonds. The van der Waals surface area contributed by atoms with Crippen molar-refractivity contribution in [2.75, 3.05) is 7.11 Å². The second kappa shape index (κ2) is 12.8. The number of hydrogen-bond donors (Lipinski definition) is 0. The lowest BCUT2D eigenvalue weighted by molar-refractivity contribution is 0.284. The smallest absolute Gasteiger partial charge is 0.282 e. The largest absolute Gasteiger partial charge is 0.493 e. The molecule has 0 radical (unpaired) electrons. The van der Waals surface area contributed by atoms with E-state index in [0.717, 1.165) is 22.9 Å². The third-order valence-corrected chi connectivity index (χ3v) is 8.36. The summed E-state index contributed by atoms with van der Waals surface area (Å²) in [7, 11) is 1.52. The van der Waals surface area contributed by atoms with Crippen LogP contribution in [0.15, 0.2) is 61.3 Å². The Bertz CT molecular complexity index is 1590. The summed E-state index contributed by atoms with van der Waals surface area (Å²) in [6.45, 7) is 2.28. The van der Waals surface area contributed by atoms with E-state index < -0.39 is 0 Å². The quantitative estimate of drug-likeness (QED) is 0.164. The van der Waals surface area contributed by atoms with Crippen molar-refractivity contribution in [2.45, 2.75) is 32.8 Å². The summed E-state index contributed by atoms with van der Waals surface area (Å²) in [6.07, 6.45) is 3.99. The number of ether oxygens (including phenoxy) is 2. The number of rotatable bonds is 9. The van der Waals surface area contributed by atoms with Gasteiger partial charge in [0.15, 0.2) is 11.5 Å². The van der Waals surface area contributed by atoms with Crippen molar-refractivity contribution in [3.8, 4) is 11.5 Å². The van der Waals surface area contributed by atoms with E-state index >= 15 is 0 Å². The molecule has 0 bridgehead atoms. The molecule has 0 aliphatic rings. The molecule has 0 unspecified atom stereocenters. The number of fused-ring (bicyclic) bond motifs is 1. The molecule has 0 aliphatic heterocycles. The van der Waals surface area contributed by atoms with Crippen LogP contribution in [0.4, 0.5) is 0 Å². The highest BCUT2D eigenvalue weighted by molar-refractivity contribution is 9.10. The second-order valence-electron chi connectivity index (χ2n) is 8.32. The fourth-order valence-electron chi connectivity index (χ4n) is 3.70. The monoisotopic (exact) mass is 699 g/mol. The van der Waals surface area contributed by atoms with Crippen molar-refractivity contribution >= 4 is 83.8 Å². The molecule has 1 aromatic heterocycles. The topological polar surface area (TPSA) is 65.7 Å².